The Hall–Kier alpha value is -4.27. The summed E-state index contributed by atoms with van der Waals surface area (Å²) in [5.74, 6) is -3.06. The number of carbonyl (C=O) groups is 5. The van der Waals surface area contributed by atoms with Crippen LogP contribution in [-0.2, 0) is 9.59 Å². The molecule has 0 N–H and O–H groups in total. The average Bonchev–Trinajstić information content (AvgIpc) is 3.79. The van der Waals surface area contributed by atoms with Gasteiger partial charge in [-0.15, -0.1) is 0 Å². The highest BCUT2D eigenvalue weighted by Gasteiger charge is 2.68. The fourth-order valence-corrected chi connectivity index (χ4v) is 7.50. The van der Waals surface area contributed by atoms with Crippen LogP contribution in [0.2, 0.25) is 10.0 Å². The van der Waals surface area contributed by atoms with E-state index in [1.165, 1.54) is 42.5 Å². The van der Waals surface area contributed by atoms with Gasteiger partial charge in [0.2, 0.25) is 0 Å². The molecule has 8 nitrogen and oxygen atoms in total. The van der Waals surface area contributed by atoms with Gasteiger partial charge in [-0.1, -0.05) is 53.1 Å². The van der Waals surface area contributed by atoms with Gasteiger partial charge < -0.3 is 4.74 Å². The van der Waals surface area contributed by atoms with Crippen LogP contribution >= 0.6 is 23.2 Å². The molecule has 3 aromatic rings. The van der Waals surface area contributed by atoms with Crippen LogP contribution in [0.25, 0.3) is 0 Å². The summed E-state index contributed by atoms with van der Waals surface area (Å²) in [6.07, 6.45) is 5.07. The van der Waals surface area contributed by atoms with Crippen molar-refractivity contribution in [1.82, 2.24) is 10.0 Å². The molecular weight excluding hydrogens is 603 g/mol. The maximum atomic E-state index is 13.9. The topological polar surface area (TPSA) is 101 Å². The van der Waals surface area contributed by atoms with E-state index in [1.54, 1.807) is 24.3 Å². The van der Waals surface area contributed by atoms with E-state index in [1.807, 2.05) is 19.1 Å². The molecule has 2 saturated carbocycles. The van der Waals surface area contributed by atoms with Crippen molar-refractivity contribution < 1.29 is 28.7 Å². The number of esters is 1. The number of ether oxygens (including phenoxy) is 1. The zero-order chi connectivity index (χ0) is 30.9. The fraction of sp³-hybridized carbons (Fsp3) is 0.265. The van der Waals surface area contributed by atoms with E-state index >= 15 is 0 Å². The van der Waals surface area contributed by atoms with Crippen molar-refractivity contribution in [3.63, 3.8) is 0 Å². The molecule has 1 heterocycles. The van der Waals surface area contributed by atoms with Crippen LogP contribution in [0.3, 0.4) is 0 Å². The third-order valence-electron chi connectivity index (χ3n) is 9.24. The summed E-state index contributed by atoms with van der Waals surface area (Å²) in [7, 11) is 0. The standard InChI is InChI=1S/C34H26Cl2N2O6/c1-17-2-4-19(5-3-17)34(43)44-21-9-6-18(7-10-21)28(39)16-37(31(40)24-11-8-20(35)14-27(24)36)38-32(41)29-22-12-13-23(26-15-25(22)26)30(29)33(38)42/h2-14,22-23,25-26,29-30H,15-16H2,1H3/t22-,23-,25-,26+,29-,30+/m0/s1. The molecule has 0 radical (unpaired) electrons. The Balaban J connectivity index is 1.15. The predicted molar refractivity (Wildman–Crippen MR) is 161 cm³/mol. The lowest BCUT2D eigenvalue weighted by molar-refractivity contribution is -0.154. The quantitative estimate of drug-likeness (QED) is 0.108. The molecule has 8 rings (SSSR count). The van der Waals surface area contributed by atoms with Gasteiger partial charge in [-0.25, -0.2) is 9.80 Å². The number of amides is 3. The molecular formula is C34H26Cl2N2O6. The second kappa shape index (κ2) is 10.7. The maximum absolute atomic E-state index is 13.9. The normalized spacial score (nSPS) is 25.8. The van der Waals surface area contributed by atoms with Crippen LogP contribution in [0.5, 0.6) is 5.75 Å². The largest absolute Gasteiger partial charge is 0.423 e. The van der Waals surface area contributed by atoms with Gasteiger partial charge in [0, 0.05) is 10.6 Å². The van der Waals surface area contributed by atoms with Crippen molar-refractivity contribution in [3.8, 4) is 5.75 Å². The number of halogens is 2. The number of carbonyl (C=O) groups excluding carboxylic acids is 5. The maximum Gasteiger partial charge on any atom is 0.343 e. The first-order valence-electron chi connectivity index (χ1n) is 14.4. The molecule has 0 spiro atoms. The molecule has 2 bridgehead atoms. The fourth-order valence-electron chi connectivity index (χ4n) is 7.01. The van der Waals surface area contributed by atoms with Crippen molar-refractivity contribution >= 4 is 52.7 Å². The van der Waals surface area contributed by atoms with E-state index in [2.05, 4.69) is 0 Å². The Morgan fingerprint density at radius 3 is 2.02 bits per heavy atom. The number of hydrogen-bond acceptors (Lipinski definition) is 6. The summed E-state index contributed by atoms with van der Waals surface area (Å²) in [5, 5.41) is 2.12. The van der Waals surface area contributed by atoms with Crippen LogP contribution in [0.1, 0.15) is 43.1 Å². The van der Waals surface area contributed by atoms with Crippen LogP contribution < -0.4 is 4.74 Å². The Bertz CT molecular complexity index is 1730. The van der Waals surface area contributed by atoms with Crippen molar-refractivity contribution in [2.24, 2.45) is 35.5 Å². The van der Waals surface area contributed by atoms with E-state index in [0.717, 1.165) is 22.0 Å². The first-order chi connectivity index (χ1) is 21.1. The number of hydrazine groups is 1. The molecule has 0 unspecified atom stereocenters. The molecule has 222 valence electrons. The second-order valence-corrected chi connectivity index (χ2v) is 12.7. The van der Waals surface area contributed by atoms with E-state index in [0.29, 0.717) is 22.4 Å². The number of allylic oxidation sites excluding steroid dienone is 2. The molecule has 6 atom stereocenters. The summed E-state index contributed by atoms with van der Waals surface area (Å²) in [6.45, 7) is 1.32. The van der Waals surface area contributed by atoms with Gasteiger partial charge in [0.25, 0.3) is 17.7 Å². The Morgan fingerprint density at radius 1 is 0.841 bits per heavy atom. The van der Waals surface area contributed by atoms with Gasteiger partial charge in [-0.2, -0.15) is 5.01 Å². The lowest BCUT2D eigenvalue weighted by Gasteiger charge is -2.37. The highest BCUT2D eigenvalue weighted by molar-refractivity contribution is 6.36. The minimum atomic E-state index is -0.769. The van der Waals surface area contributed by atoms with Gasteiger partial charge in [-0.05, 0) is 91.6 Å². The van der Waals surface area contributed by atoms with E-state index in [-0.39, 0.29) is 33.7 Å². The molecule has 10 heteroatoms. The van der Waals surface area contributed by atoms with E-state index in [4.69, 9.17) is 27.9 Å². The monoisotopic (exact) mass is 628 g/mol. The van der Waals surface area contributed by atoms with Crippen molar-refractivity contribution in [2.75, 3.05) is 6.54 Å². The number of rotatable bonds is 7. The smallest absolute Gasteiger partial charge is 0.343 e. The van der Waals surface area contributed by atoms with Crippen LogP contribution in [0.4, 0.5) is 0 Å². The minimum Gasteiger partial charge on any atom is -0.423 e. The highest BCUT2D eigenvalue weighted by Crippen LogP contribution is 2.65. The second-order valence-electron chi connectivity index (χ2n) is 11.8. The Labute approximate surface area is 263 Å². The van der Waals surface area contributed by atoms with Gasteiger partial charge in [0.15, 0.2) is 5.78 Å². The van der Waals surface area contributed by atoms with Gasteiger partial charge in [-0.3, -0.25) is 19.2 Å². The Kier molecular flexibility index (Phi) is 6.94. The highest BCUT2D eigenvalue weighted by atomic mass is 35.5. The summed E-state index contributed by atoms with van der Waals surface area (Å²) in [5.41, 5.74) is 1.58. The molecule has 44 heavy (non-hydrogen) atoms. The SMILES string of the molecule is Cc1ccc(C(=O)Oc2ccc(C(=O)CN(C(=O)c3ccc(Cl)cc3Cl)N3C(=O)[C@@H]4[C@H]5C=C[C@@H]([C@@H]6C[C@H]56)[C@@H]4C3=O)cc2)cc1. The van der Waals surface area contributed by atoms with Crippen LogP contribution in [0.15, 0.2) is 78.9 Å². The Morgan fingerprint density at radius 2 is 1.43 bits per heavy atom. The van der Waals surface area contributed by atoms with Crippen LogP contribution in [-0.4, -0.2) is 46.0 Å². The first-order valence-corrected chi connectivity index (χ1v) is 15.1. The van der Waals surface area contributed by atoms with E-state index in [9.17, 15) is 24.0 Å². The minimum absolute atomic E-state index is 0.00153. The van der Waals surface area contributed by atoms with Gasteiger partial charge in [0.05, 0.1) is 28.0 Å². The number of aryl methyl sites for hydroxylation is 1. The average molecular weight is 629 g/mol. The molecule has 5 aliphatic rings. The summed E-state index contributed by atoms with van der Waals surface area (Å²) in [6, 6.07) is 17.1. The van der Waals surface area contributed by atoms with Crippen molar-refractivity contribution in [1.29, 1.82) is 0 Å². The van der Waals surface area contributed by atoms with Crippen molar-refractivity contribution in [3.05, 3.63) is 111 Å². The first kappa shape index (κ1) is 28.5. The van der Waals surface area contributed by atoms with Gasteiger partial charge in [0.1, 0.15) is 12.3 Å². The molecule has 4 aliphatic carbocycles. The number of benzene rings is 3. The van der Waals surface area contributed by atoms with Crippen LogP contribution in [0, 0.1) is 42.4 Å². The zero-order valence-corrected chi connectivity index (χ0v) is 25.0. The van der Waals surface area contributed by atoms with Gasteiger partial charge >= 0.3 is 5.97 Å². The lowest BCUT2D eigenvalue weighted by atomic mass is 9.63. The molecule has 1 aliphatic heterocycles. The predicted octanol–water partition coefficient (Wildman–Crippen LogP) is 5.81. The summed E-state index contributed by atoms with van der Waals surface area (Å²) in [4.78, 5) is 67.8. The van der Waals surface area contributed by atoms with Crippen molar-refractivity contribution in [2.45, 2.75) is 13.3 Å². The third kappa shape index (κ3) is 4.73. The van der Waals surface area contributed by atoms with E-state index < -0.39 is 47.9 Å². The molecule has 1 saturated heterocycles. The molecule has 3 amide bonds. The number of Topliss-reactive ketones (excluding diaryl/α,β-unsaturated/α-hetero) is 1. The molecule has 3 fully saturated rings. The lowest BCUT2D eigenvalue weighted by Crippen LogP contribution is -2.52. The number of hydrogen-bond donors (Lipinski definition) is 0. The molecule has 3 aromatic carbocycles. The summed E-state index contributed by atoms with van der Waals surface area (Å²) >= 11 is 12.4. The third-order valence-corrected chi connectivity index (χ3v) is 9.79. The molecule has 0 aromatic heterocycles. The number of ketones is 1. The number of nitrogens with zero attached hydrogens (tertiary/aromatic N) is 2. The zero-order valence-electron chi connectivity index (χ0n) is 23.5. The number of imide groups is 1. The summed E-state index contributed by atoms with van der Waals surface area (Å²) < 4.78 is 5.43.